The van der Waals surface area contributed by atoms with E-state index in [1.165, 1.54) is 6.26 Å². The zero-order valence-corrected chi connectivity index (χ0v) is 15.9. The number of rotatable bonds is 10. The predicted molar refractivity (Wildman–Crippen MR) is 105 cm³/mol. The summed E-state index contributed by atoms with van der Waals surface area (Å²) in [7, 11) is 0. The average Bonchev–Trinajstić information content (AvgIpc) is 3.21. The van der Waals surface area contributed by atoms with Crippen molar-refractivity contribution in [3.05, 3.63) is 77.9 Å². The van der Waals surface area contributed by atoms with Gasteiger partial charge in [0.15, 0.2) is 5.76 Å². The molecule has 0 radical (unpaired) electrons. The van der Waals surface area contributed by atoms with Crippen LogP contribution in [0, 0.1) is 0 Å². The molecule has 3 rings (SSSR count). The van der Waals surface area contributed by atoms with E-state index in [9.17, 15) is 4.79 Å². The van der Waals surface area contributed by atoms with Crippen LogP contribution >= 0.6 is 0 Å². The molecular formula is C22H24N2O4. The first kappa shape index (κ1) is 19.5. The van der Waals surface area contributed by atoms with Crippen molar-refractivity contribution in [2.45, 2.75) is 32.9 Å². The number of carbonyl (C=O) groups is 1. The number of hydrogen-bond acceptors (Lipinski definition) is 5. The number of hydrogen-bond donors (Lipinski definition) is 1. The molecule has 0 aliphatic carbocycles. The highest BCUT2D eigenvalue weighted by Crippen LogP contribution is 2.17. The molecule has 0 bridgehead atoms. The summed E-state index contributed by atoms with van der Waals surface area (Å²) in [6, 6.07) is 14.9. The normalized spacial score (nSPS) is 10.5. The van der Waals surface area contributed by atoms with E-state index >= 15 is 0 Å². The van der Waals surface area contributed by atoms with Crippen molar-refractivity contribution in [2.24, 2.45) is 0 Å². The minimum absolute atomic E-state index is 0.244. The number of para-hydroxylation sites is 1. The summed E-state index contributed by atoms with van der Waals surface area (Å²) >= 11 is 0. The van der Waals surface area contributed by atoms with E-state index in [1.807, 2.05) is 42.5 Å². The molecule has 28 heavy (non-hydrogen) atoms. The van der Waals surface area contributed by atoms with E-state index < -0.39 is 0 Å². The van der Waals surface area contributed by atoms with Gasteiger partial charge in [-0.25, -0.2) is 4.98 Å². The van der Waals surface area contributed by atoms with Gasteiger partial charge in [0.05, 0.1) is 12.9 Å². The maximum Gasteiger partial charge on any atom is 0.287 e. The van der Waals surface area contributed by atoms with Crippen molar-refractivity contribution >= 4 is 5.91 Å². The lowest BCUT2D eigenvalue weighted by molar-refractivity contribution is 0.0919. The second kappa shape index (κ2) is 10.2. The van der Waals surface area contributed by atoms with Crippen LogP contribution in [0.3, 0.4) is 0 Å². The van der Waals surface area contributed by atoms with Crippen LogP contribution in [0.1, 0.15) is 41.4 Å². The Balaban J connectivity index is 1.58. The van der Waals surface area contributed by atoms with Gasteiger partial charge in [-0.2, -0.15) is 0 Å². The van der Waals surface area contributed by atoms with Crippen molar-refractivity contribution in [1.82, 2.24) is 10.3 Å². The summed E-state index contributed by atoms with van der Waals surface area (Å²) in [4.78, 5) is 16.8. The number of ether oxygens (including phenoxy) is 2. The maximum atomic E-state index is 12.6. The van der Waals surface area contributed by atoms with Crippen molar-refractivity contribution < 1.29 is 18.7 Å². The van der Waals surface area contributed by atoms with E-state index in [2.05, 4.69) is 17.2 Å². The number of nitrogens with one attached hydrogen (secondary N) is 1. The van der Waals surface area contributed by atoms with Crippen LogP contribution in [-0.4, -0.2) is 17.5 Å². The molecule has 0 fully saturated rings. The molecule has 6 heteroatoms. The summed E-state index contributed by atoms with van der Waals surface area (Å²) in [5, 5.41) is 2.86. The second-order valence-corrected chi connectivity index (χ2v) is 6.23. The highest BCUT2D eigenvalue weighted by Gasteiger charge is 2.16. The number of aromatic nitrogens is 1. The molecule has 1 amide bonds. The molecule has 0 aliphatic rings. The van der Waals surface area contributed by atoms with Gasteiger partial charge in [-0.05, 0) is 30.7 Å². The van der Waals surface area contributed by atoms with Crippen molar-refractivity contribution in [1.29, 1.82) is 0 Å². The predicted octanol–water partition coefficient (Wildman–Crippen LogP) is 4.36. The Morgan fingerprint density at radius 1 is 1.07 bits per heavy atom. The van der Waals surface area contributed by atoms with Crippen LogP contribution < -0.4 is 14.8 Å². The van der Waals surface area contributed by atoms with Crippen LogP contribution in [0.2, 0.25) is 0 Å². The van der Waals surface area contributed by atoms with E-state index in [1.54, 1.807) is 12.3 Å². The average molecular weight is 380 g/mol. The van der Waals surface area contributed by atoms with Crippen molar-refractivity contribution in [2.75, 3.05) is 6.61 Å². The largest absolute Gasteiger partial charge is 0.489 e. The third kappa shape index (κ3) is 5.36. The Hall–Kier alpha value is -3.28. The zero-order chi connectivity index (χ0) is 19.6. The van der Waals surface area contributed by atoms with Gasteiger partial charge in [0, 0.05) is 23.9 Å². The quantitative estimate of drug-likeness (QED) is 0.529. The number of amides is 1. The molecule has 0 aliphatic heterocycles. The number of benzene rings is 1. The van der Waals surface area contributed by atoms with Gasteiger partial charge in [-0.15, -0.1) is 0 Å². The van der Waals surface area contributed by atoms with E-state index in [4.69, 9.17) is 13.9 Å². The first-order chi connectivity index (χ1) is 13.8. The Labute approximate surface area is 164 Å². The molecule has 3 aromatic rings. The molecule has 0 spiro atoms. The lowest BCUT2D eigenvalue weighted by Gasteiger charge is -2.11. The molecule has 2 aromatic heterocycles. The summed E-state index contributed by atoms with van der Waals surface area (Å²) in [6.07, 6.45) is 5.17. The fourth-order valence-corrected chi connectivity index (χ4v) is 2.58. The number of unbranched alkanes of at least 4 members (excludes halogenated alkanes) is 1. The summed E-state index contributed by atoms with van der Waals surface area (Å²) in [5.74, 6) is 1.22. The van der Waals surface area contributed by atoms with E-state index in [0.717, 1.165) is 24.2 Å². The first-order valence-corrected chi connectivity index (χ1v) is 9.37. The molecular weight excluding hydrogens is 356 g/mol. The van der Waals surface area contributed by atoms with Gasteiger partial charge in [0.1, 0.15) is 12.4 Å². The van der Waals surface area contributed by atoms with E-state index in [-0.39, 0.29) is 18.3 Å². The molecule has 6 nitrogen and oxygen atoms in total. The fourth-order valence-electron chi connectivity index (χ4n) is 2.58. The Morgan fingerprint density at radius 2 is 1.93 bits per heavy atom. The summed E-state index contributed by atoms with van der Waals surface area (Å²) < 4.78 is 16.8. The van der Waals surface area contributed by atoms with Gasteiger partial charge in [0.25, 0.3) is 5.91 Å². The van der Waals surface area contributed by atoms with Crippen LogP contribution in [0.15, 0.2) is 65.4 Å². The Bertz CT molecular complexity index is 877. The lowest BCUT2D eigenvalue weighted by Crippen LogP contribution is -2.24. The maximum absolute atomic E-state index is 12.6. The van der Waals surface area contributed by atoms with Gasteiger partial charge in [0.2, 0.25) is 5.88 Å². The van der Waals surface area contributed by atoms with Crippen molar-refractivity contribution in [3.63, 3.8) is 0 Å². The number of nitrogens with zero attached hydrogens (tertiary/aromatic N) is 1. The molecule has 0 saturated carbocycles. The molecule has 146 valence electrons. The van der Waals surface area contributed by atoms with Crippen LogP contribution in [-0.2, 0) is 13.2 Å². The van der Waals surface area contributed by atoms with Crippen molar-refractivity contribution in [3.8, 4) is 11.6 Å². The van der Waals surface area contributed by atoms with Gasteiger partial charge in [-0.1, -0.05) is 37.6 Å². The lowest BCUT2D eigenvalue weighted by atomic mass is 10.2. The number of pyridine rings is 1. The Morgan fingerprint density at radius 3 is 2.75 bits per heavy atom. The zero-order valence-electron chi connectivity index (χ0n) is 15.9. The Kier molecular flexibility index (Phi) is 7.07. The number of carbonyl (C=O) groups excluding carboxylic acids is 1. The van der Waals surface area contributed by atoms with Crippen LogP contribution in [0.25, 0.3) is 0 Å². The smallest absolute Gasteiger partial charge is 0.287 e. The van der Waals surface area contributed by atoms with Crippen LogP contribution in [0.5, 0.6) is 11.6 Å². The summed E-state index contributed by atoms with van der Waals surface area (Å²) in [6.45, 7) is 3.26. The third-order valence-electron chi connectivity index (χ3n) is 4.12. The molecule has 1 aromatic carbocycles. The van der Waals surface area contributed by atoms with Crippen LogP contribution in [0.4, 0.5) is 0 Å². The topological polar surface area (TPSA) is 73.6 Å². The van der Waals surface area contributed by atoms with Gasteiger partial charge >= 0.3 is 0 Å². The molecule has 2 heterocycles. The molecule has 1 N–H and O–H groups in total. The number of furan rings is 1. The van der Waals surface area contributed by atoms with E-state index in [0.29, 0.717) is 24.6 Å². The van der Waals surface area contributed by atoms with Gasteiger partial charge < -0.3 is 19.2 Å². The minimum atomic E-state index is -0.306. The fraction of sp³-hybridized carbons (Fsp3) is 0.273. The van der Waals surface area contributed by atoms with Gasteiger partial charge in [-0.3, -0.25) is 4.79 Å². The standard InChI is InChI=1S/C22H24N2O4/c1-2-3-13-27-22-17(8-7-12-23-22)15-24-21(25)20-18(11-14-26-20)16-28-19-9-5-4-6-10-19/h4-12,14H,2-3,13,15-16H2,1H3,(H,24,25). The minimum Gasteiger partial charge on any atom is -0.489 e. The second-order valence-electron chi connectivity index (χ2n) is 6.23. The highest BCUT2D eigenvalue weighted by atomic mass is 16.5. The third-order valence-corrected chi connectivity index (χ3v) is 4.12. The first-order valence-electron chi connectivity index (χ1n) is 9.37. The monoisotopic (exact) mass is 380 g/mol. The highest BCUT2D eigenvalue weighted by molar-refractivity contribution is 5.92. The molecule has 0 atom stereocenters. The SMILES string of the molecule is CCCCOc1ncccc1CNC(=O)c1occc1COc1ccccc1. The molecule has 0 saturated heterocycles. The molecule has 0 unspecified atom stereocenters. The summed E-state index contributed by atoms with van der Waals surface area (Å²) in [5.41, 5.74) is 1.51.